The zero-order chi connectivity index (χ0) is 18.0. The fraction of sp³-hybridized carbons (Fsp3) is 0.278. The van der Waals surface area contributed by atoms with Gasteiger partial charge in [-0.05, 0) is 36.8 Å². The van der Waals surface area contributed by atoms with Crippen LogP contribution in [0.4, 0.5) is 5.69 Å². The molecule has 2 aromatic rings. The Morgan fingerprint density at radius 3 is 2.46 bits per heavy atom. The van der Waals surface area contributed by atoms with Gasteiger partial charge in [0.25, 0.3) is 15.9 Å². The summed E-state index contributed by atoms with van der Waals surface area (Å²) < 4.78 is 26.9. The van der Waals surface area contributed by atoms with E-state index in [1.165, 1.54) is 23.5 Å². The molecule has 1 amide bonds. The molecular weight excluding hydrogens is 374 g/mol. The monoisotopic (exact) mass is 395 g/mol. The van der Waals surface area contributed by atoms with E-state index in [2.05, 4.69) is 0 Å². The van der Waals surface area contributed by atoms with Crippen LogP contribution < -0.4 is 10.0 Å². The predicted octanol–water partition coefficient (Wildman–Crippen LogP) is 2.11. The SMILES string of the molecule is CN(c1ccccc1)S(=O)(=O)c1cccc(C(=O)N2CC[C@@H](N)C2)c1.Cl. The van der Waals surface area contributed by atoms with Crippen LogP contribution in [-0.4, -0.2) is 45.4 Å². The van der Waals surface area contributed by atoms with Crippen molar-refractivity contribution in [3.63, 3.8) is 0 Å². The number of rotatable bonds is 4. The largest absolute Gasteiger partial charge is 0.337 e. The molecule has 1 saturated heterocycles. The van der Waals surface area contributed by atoms with E-state index in [0.717, 1.165) is 6.42 Å². The molecule has 0 bridgehead atoms. The molecule has 0 spiro atoms. The van der Waals surface area contributed by atoms with E-state index in [1.807, 2.05) is 6.07 Å². The Balaban J connectivity index is 0.00000243. The molecule has 140 valence electrons. The summed E-state index contributed by atoms with van der Waals surface area (Å²) in [6, 6.07) is 15.0. The van der Waals surface area contributed by atoms with Gasteiger partial charge in [-0.3, -0.25) is 9.10 Å². The lowest BCUT2D eigenvalue weighted by Gasteiger charge is -2.20. The Kier molecular flexibility index (Phi) is 6.28. The summed E-state index contributed by atoms with van der Waals surface area (Å²) in [4.78, 5) is 14.3. The summed E-state index contributed by atoms with van der Waals surface area (Å²) in [5, 5.41) is 0. The normalized spacial score (nSPS) is 16.8. The summed E-state index contributed by atoms with van der Waals surface area (Å²) in [5.41, 5.74) is 6.77. The second kappa shape index (κ2) is 8.07. The molecule has 0 aliphatic carbocycles. The molecule has 26 heavy (non-hydrogen) atoms. The lowest BCUT2D eigenvalue weighted by Crippen LogP contribution is -2.32. The lowest BCUT2D eigenvalue weighted by molar-refractivity contribution is 0.0790. The summed E-state index contributed by atoms with van der Waals surface area (Å²) in [6.45, 7) is 1.10. The third-order valence-corrected chi connectivity index (χ3v) is 6.15. The summed E-state index contributed by atoms with van der Waals surface area (Å²) in [6.07, 6.45) is 0.764. The number of benzene rings is 2. The fourth-order valence-electron chi connectivity index (χ4n) is 2.88. The van der Waals surface area contributed by atoms with Crippen molar-refractivity contribution in [1.82, 2.24) is 4.90 Å². The van der Waals surface area contributed by atoms with Crippen LogP contribution in [0.15, 0.2) is 59.5 Å². The number of amides is 1. The first-order valence-electron chi connectivity index (χ1n) is 8.08. The number of nitrogens with zero attached hydrogens (tertiary/aromatic N) is 2. The van der Waals surface area contributed by atoms with E-state index < -0.39 is 10.0 Å². The van der Waals surface area contributed by atoms with Crippen LogP contribution in [0.1, 0.15) is 16.8 Å². The molecule has 3 rings (SSSR count). The minimum Gasteiger partial charge on any atom is -0.337 e. The zero-order valence-electron chi connectivity index (χ0n) is 14.4. The predicted molar refractivity (Wildman–Crippen MR) is 104 cm³/mol. The highest BCUT2D eigenvalue weighted by atomic mass is 35.5. The molecule has 2 aromatic carbocycles. The van der Waals surface area contributed by atoms with Crippen molar-refractivity contribution in [3.05, 3.63) is 60.2 Å². The number of nitrogens with two attached hydrogens (primary N) is 1. The summed E-state index contributed by atoms with van der Waals surface area (Å²) >= 11 is 0. The van der Waals surface area contributed by atoms with Gasteiger partial charge in [0, 0.05) is 31.7 Å². The van der Waals surface area contributed by atoms with Gasteiger partial charge in [-0.25, -0.2) is 8.42 Å². The summed E-state index contributed by atoms with van der Waals surface area (Å²) in [5.74, 6) is -0.188. The molecule has 0 unspecified atom stereocenters. The second-order valence-corrected chi connectivity index (χ2v) is 8.11. The van der Waals surface area contributed by atoms with Crippen LogP contribution in [0.2, 0.25) is 0 Å². The maximum atomic E-state index is 12.9. The zero-order valence-corrected chi connectivity index (χ0v) is 16.0. The first-order valence-corrected chi connectivity index (χ1v) is 9.52. The molecule has 0 radical (unpaired) electrons. The van der Waals surface area contributed by atoms with Gasteiger partial charge in [0.1, 0.15) is 0 Å². The van der Waals surface area contributed by atoms with Gasteiger partial charge in [-0.2, -0.15) is 0 Å². The van der Waals surface area contributed by atoms with E-state index in [0.29, 0.717) is 24.3 Å². The minimum atomic E-state index is -3.74. The molecular formula is C18H22ClN3O3S. The standard InChI is InChI=1S/C18H21N3O3S.ClH/c1-20(16-7-3-2-4-8-16)25(23,24)17-9-5-6-14(12-17)18(22)21-11-10-15(19)13-21;/h2-9,12,15H,10-11,13,19H2,1H3;1H/t15-;/m1./s1. The molecule has 1 heterocycles. The van der Waals surface area contributed by atoms with Gasteiger partial charge in [-0.1, -0.05) is 24.3 Å². The molecule has 0 aromatic heterocycles. The molecule has 6 nitrogen and oxygen atoms in total. The van der Waals surface area contributed by atoms with Crippen molar-refractivity contribution in [2.45, 2.75) is 17.4 Å². The number of carbonyl (C=O) groups is 1. The number of hydrogen-bond donors (Lipinski definition) is 1. The van der Waals surface area contributed by atoms with Gasteiger partial charge >= 0.3 is 0 Å². The van der Waals surface area contributed by atoms with Crippen molar-refractivity contribution in [2.75, 3.05) is 24.4 Å². The maximum Gasteiger partial charge on any atom is 0.264 e. The van der Waals surface area contributed by atoms with Crippen LogP contribution in [0.3, 0.4) is 0 Å². The van der Waals surface area contributed by atoms with E-state index >= 15 is 0 Å². The topological polar surface area (TPSA) is 83.7 Å². The fourth-order valence-corrected chi connectivity index (χ4v) is 4.12. The Labute approximate surface area is 160 Å². The summed E-state index contributed by atoms with van der Waals surface area (Å²) in [7, 11) is -2.25. The Bertz CT molecular complexity index is 874. The van der Waals surface area contributed by atoms with Crippen molar-refractivity contribution < 1.29 is 13.2 Å². The van der Waals surface area contributed by atoms with Crippen molar-refractivity contribution >= 4 is 34.0 Å². The van der Waals surface area contributed by atoms with Gasteiger partial charge in [0.15, 0.2) is 0 Å². The number of hydrogen-bond acceptors (Lipinski definition) is 4. The molecule has 1 aliphatic heterocycles. The van der Waals surface area contributed by atoms with Crippen LogP contribution in [0.5, 0.6) is 0 Å². The van der Waals surface area contributed by atoms with Crippen LogP contribution in [0, 0.1) is 0 Å². The maximum absolute atomic E-state index is 12.9. The number of anilines is 1. The highest BCUT2D eigenvalue weighted by molar-refractivity contribution is 7.92. The van der Waals surface area contributed by atoms with E-state index in [1.54, 1.807) is 41.3 Å². The number of halogens is 1. The van der Waals surface area contributed by atoms with Gasteiger partial charge in [-0.15, -0.1) is 12.4 Å². The molecule has 0 saturated carbocycles. The van der Waals surface area contributed by atoms with Crippen molar-refractivity contribution in [2.24, 2.45) is 5.73 Å². The lowest BCUT2D eigenvalue weighted by atomic mass is 10.2. The molecule has 8 heteroatoms. The second-order valence-electron chi connectivity index (χ2n) is 6.14. The smallest absolute Gasteiger partial charge is 0.264 e. The number of carbonyl (C=O) groups excluding carboxylic acids is 1. The van der Waals surface area contributed by atoms with Crippen LogP contribution >= 0.6 is 12.4 Å². The molecule has 1 aliphatic rings. The first-order chi connectivity index (χ1) is 11.9. The molecule has 1 atom stereocenters. The highest BCUT2D eigenvalue weighted by Crippen LogP contribution is 2.23. The van der Waals surface area contributed by atoms with Gasteiger partial charge in [0.05, 0.1) is 10.6 Å². The number of likely N-dealkylation sites (tertiary alicyclic amines) is 1. The van der Waals surface area contributed by atoms with E-state index in [4.69, 9.17) is 5.73 Å². The first kappa shape index (κ1) is 20.2. The third kappa shape index (κ3) is 4.00. The molecule has 2 N–H and O–H groups in total. The average Bonchev–Trinajstić information content (AvgIpc) is 3.07. The van der Waals surface area contributed by atoms with Crippen molar-refractivity contribution in [1.29, 1.82) is 0 Å². The number of sulfonamides is 1. The van der Waals surface area contributed by atoms with Crippen molar-refractivity contribution in [3.8, 4) is 0 Å². The quantitative estimate of drug-likeness (QED) is 0.859. The molecule has 1 fully saturated rings. The highest BCUT2D eigenvalue weighted by Gasteiger charge is 2.26. The number of para-hydroxylation sites is 1. The van der Waals surface area contributed by atoms with Gasteiger partial charge in [0.2, 0.25) is 0 Å². The Morgan fingerprint density at radius 2 is 1.85 bits per heavy atom. The van der Waals surface area contributed by atoms with Crippen LogP contribution in [-0.2, 0) is 10.0 Å². The Morgan fingerprint density at radius 1 is 1.15 bits per heavy atom. The third-order valence-electron chi connectivity index (χ3n) is 4.37. The van der Waals surface area contributed by atoms with Crippen LogP contribution in [0.25, 0.3) is 0 Å². The van der Waals surface area contributed by atoms with E-state index in [-0.39, 0.29) is 29.3 Å². The van der Waals surface area contributed by atoms with E-state index in [9.17, 15) is 13.2 Å². The minimum absolute atomic E-state index is 0. The Hall–Kier alpha value is -2.09. The van der Waals surface area contributed by atoms with Gasteiger partial charge < -0.3 is 10.6 Å². The average molecular weight is 396 g/mol.